The van der Waals surface area contributed by atoms with Gasteiger partial charge in [0.05, 0.1) is 25.4 Å². The van der Waals surface area contributed by atoms with Crippen LogP contribution >= 0.6 is 16.1 Å². The molecule has 0 amide bonds. The van der Waals surface area contributed by atoms with Gasteiger partial charge in [0.2, 0.25) is 0 Å². The van der Waals surface area contributed by atoms with E-state index < -0.39 is 39.6 Å². The number of rotatable bonds is 13. The molecule has 0 aliphatic heterocycles. The second-order valence-electron chi connectivity index (χ2n) is 8.39. The summed E-state index contributed by atoms with van der Waals surface area (Å²) in [5, 5.41) is 0. The normalized spacial score (nSPS) is 22.5. The van der Waals surface area contributed by atoms with Crippen molar-refractivity contribution in [2.24, 2.45) is 0 Å². The first-order valence-corrected chi connectivity index (χ1v) is 14.2. The quantitative estimate of drug-likeness (QED) is 0.385. The van der Waals surface area contributed by atoms with Gasteiger partial charge in [-0.3, -0.25) is 18.9 Å². The van der Waals surface area contributed by atoms with Crippen molar-refractivity contribution in [2.45, 2.75) is 84.7 Å². The molecule has 1 unspecified atom stereocenters. The summed E-state index contributed by atoms with van der Waals surface area (Å²) in [5.41, 5.74) is -1.01. The topological polar surface area (TPSA) is 132 Å². The van der Waals surface area contributed by atoms with Crippen LogP contribution in [0.25, 0.3) is 0 Å². The molecule has 190 valence electrons. The van der Waals surface area contributed by atoms with Crippen LogP contribution in [0.5, 0.6) is 0 Å². The Bertz CT molecular complexity index is 888. The molecule has 0 bridgehead atoms. The summed E-state index contributed by atoms with van der Waals surface area (Å²) in [6.45, 7) is 11.7. The number of hydrogen-bond acceptors (Lipinski definition) is 9. The second-order valence-corrected chi connectivity index (χ2v) is 11.6. The van der Waals surface area contributed by atoms with E-state index in [2.05, 4.69) is 4.98 Å². The highest BCUT2D eigenvalue weighted by molar-refractivity contribution is 7.53. The van der Waals surface area contributed by atoms with Crippen molar-refractivity contribution in [1.82, 2.24) is 14.2 Å². The molecule has 13 heteroatoms. The zero-order valence-corrected chi connectivity index (χ0v) is 22.0. The van der Waals surface area contributed by atoms with Crippen molar-refractivity contribution in [1.29, 1.82) is 0 Å². The van der Waals surface area contributed by atoms with Crippen LogP contribution in [0.4, 0.5) is 0 Å². The van der Waals surface area contributed by atoms with Crippen molar-refractivity contribution in [2.75, 3.05) is 19.6 Å². The van der Waals surface area contributed by atoms with E-state index in [0.717, 1.165) is 0 Å². The van der Waals surface area contributed by atoms with Crippen LogP contribution < -0.4 is 11.2 Å². The second kappa shape index (κ2) is 12.7. The van der Waals surface area contributed by atoms with E-state index in [-0.39, 0.29) is 37.7 Å². The summed E-state index contributed by atoms with van der Waals surface area (Å²) in [5.74, 6) is 0. The van der Waals surface area contributed by atoms with E-state index in [0.29, 0.717) is 12.8 Å². The molecule has 0 saturated heterocycles. The molecule has 1 aromatic heterocycles. The smallest absolute Gasteiger partial charge is 0.356 e. The van der Waals surface area contributed by atoms with Crippen molar-refractivity contribution in [3.63, 3.8) is 0 Å². The number of aromatic nitrogens is 2. The van der Waals surface area contributed by atoms with Gasteiger partial charge >= 0.3 is 13.3 Å². The fraction of sp³-hybridized carbons (Fsp3) is 0.800. The molecule has 1 saturated carbocycles. The van der Waals surface area contributed by atoms with Gasteiger partial charge in [-0.05, 0) is 54.4 Å². The molecule has 1 aromatic rings. The lowest BCUT2D eigenvalue weighted by atomic mass is 10.2. The standard InChI is InChI=1S/C20H37N3O8P2/c1-7-29-33(27,30-8-2)13-28-17-11-16(22-10-9-19(24)21-20(22)25)12-18(17)31-32(26)23(14(3)4)15(5)6/h9-10,14-18,26H,7-8,11-13H2,1-6H3,(H,21,24,25)/t16-,17+,18+,32?/m1/s1. The maximum atomic E-state index is 12.9. The lowest BCUT2D eigenvalue weighted by molar-refractivity contribution is -0.000506. The molecule has 33 heavy (non-hydrogen) atoms. The molecule has 0 aromatic carbocycles. The number of H-pyrrole nitrogens is 1. The highest BCUT2D eigenvalue weighted by Crippen LogP contribution is 2.50. The molecule has 1 aliphatic carbocycles. The van der Waals surface area contributed by atoms with Crippen molar-refractivity contribution in [3.05, 3.63) is 33.1 Å². The van der Waals surface area contributed by atoms with E-state index in [4.69, 9.17) is 18.3 Å². The molecule has 11 nitrogen and oxygen atoms in total. The third-order valence-corrected chi connectivity index (χ3v) is 8.80. The van der Waals surface area contributed by atoms with E-state index in [1.807, 2.05) is 32.4 Å². The Labute approximate surface area is 195 Å². The summed E-state index contributed by atoms with van der Waals surface area (Å²) in [4.78, 5) is 36.9. The number of ether oxygens (including phenoxy) is 1. The third kappa shape index (κ3) is 7.80. The number of aromatic amines is 1. The Morgan fingerprint density at radius 1 is 1.15 bits per heavy atom. The molecular formula is C20H37N3O8P2. The molecule has 4 atom stereocenters. The molecule has 1 heterocycles. The van der Waals surface area contributed by atoms with Gasteiger partial charge in [0.25, 0.3) is 14.1 Å². The van der Waals surface area contributed by atoms with Gasteiger partial charge in [-0.15, -0.1) is 0 Å². The van der Waals surface area contributed by atoms with Gasteiger partial charge in [-0.2, -0.15) is 0 Å². The molecule has 1 aliphatic rings. The first-order chi connectivity index (χ1) is 15.5. The van der Waals surface area contributed by atoms with Crippen LogP contribution in [0, 0.1) is 0 Å². The van der Waals surface area contributed by atoms with Gasteiger partial charge in [0, 0.05) is 30.4 Å². The fourth-order valence-electron chi connectivity index (χ4n) is 4.02. The minimum atomic E-state index is -3.45. The minimum absolute atomic E-state index is 0.0515. The van der Waals surface area contributed by atoms with Crippen LogP contribution in [-0.4, -0.2) is 63.0 Å². The molecule has 0 radical (unpaired) electrons. The summed E-state index contributed by atoms with van der Waals surface area (Å²) < 4.78 is 38.8. The summed E-state index contributed by atoms with van der Waals surface area (Å²) >= 11 is 0. The van der Waals surface area contributed by atoms with Gasteiger partial charge in [0.1, 0.15) is 6.35 Å². The van der Waals surface area contributed by atoms with Crippen molar-refractivity contribution in [3.8, 4) is 0 Å². The monoisotopic (exact) mass is 509 g/mol. The Hall–Kier alpha value is -0.900. The predicted octanol–water partition coefficient (Wildman–Crippen LogP) is 3.20. The maximum absolute atomic E-state index is 12.9. The maximum Gasteiger partial charge on any atom is 0.356 e. The van der Waals surface area contributed by atoms with E-state index in [9.17, 15) is 19.0 Å². The number of nitrogens with zero attached hydrogens (tertiary/aromatic N) is 2. The van der Waals surface area contributed by atoms with Crippen molar-refractivity contribution >= 4 is 16.1 Å². The van der Waals surface area contributed by atoms with Gasteiger partial charge in [-0.25, -0.2) is 9.46 Å². The van der Waals surface area contributed by atoms with E-state index >= 15 is 0 Å². The molecular weight excluding hydrogens is 472 g/mol. The Kier molecular flexibility index (Phi) is 10.9. The fourth-order valence-corrected chi connectivity index (χ4v) is 6.77. The Balaban J connectivity index is 2.25. The zero-order valence-electron chi connectivity index (χ0n) is 20.2. The number of hydrogen-bond donors (Lipinski definition) is 2. The number of nitrogens with one attached hydrogen (secondary N) is 1. The van der Waals surface area contributed by atoms with E-state index in [1.165, 1.54) is 16.8 Å². The summed E-state index contributed by atoms with van der Waals surface area (Å²) in [6, 6.07) is 1.05. The van der Waals surface area contributed by atoms with Crippen LogP contribution in [0.1, 0.15) is 60.4 Å². The van der Waals surface area contributed by atoms with Gasteiger partial charge < -0.3 is 23.2 Å². The van der Waals surface area contributed by atoms with Crippen LogP contribution in [-0.2, 0) is 22.9 Å². The molecule has 2 rings (SSSR count). The Morgan fingerprint density at radius 3 is 2.24 bits per heavy atom. The van der Waals surface area contributed by atoms with Crippen molar-refractivity contribution < 1.29 is 27.8 Å². The average Bonchev–Trinajstić information content (AvgIpc) is 3.08. The molecule has 2 N–H and O–H groups in total. The average molecular weight is 509 g/mol. The highest BCUT2D eigenvalue weighted by Gasteiger charge is 2.41. The molecule has 1 fully saturated rings. The van der Waals surface area contributed by atoms with Crippen LogP contribution in [0.3, 0.4) is 0 Å². The van der Waals surface area contributed by atoms with E-state index in [1.54, 1.807) is 13.8 Å². The molecule has 0 spiro atoms. The van der Waals surface area contributed by atoms with Gasteiger partial charge in [-0.1, -0.05) is 0 Å². The first-order valence-electron chi connectivity index (χ1n) is 11.3. The van der Waals surface area contributed by atoms with Crippen LogP contribution in [0.2, 0.25) is 0 Å². The largest absolute Gasteiger partial charge is 0.363 e. The summed E-state index contributed by atoms with van der Waals surface area (Å²) in [6.07, 6.45) is 0.762. The van der Waals surface area contributed by atoms with Crippen LogP contribution in [0.15, 0.2) is 21.9 Å². The SMILES string of the molecule is CCOP(=O)(CO[C@H]1C[C@@H](n2ccc(=O)[nH]c2=O)C[C@@H]1OP(O)N(C(C)C)C(C)C)OCC. The summed E-state index contributed by atoms with van der Waals surface area (Å²) in [7, 11) is -5.39. The highest BCUT2D eigenvalue weighted by atomic mass is 31.2. The minimum Gasteiger partial charge on any atom is -0.363 e. The first kappa shape index (κ1) is 28.3. The predicted molar refractivity (Wildman–Crippen MR) is 126 cm³/mol. The zero-order chi connectivity index (χ0) is 24.8. The van der Waals surface area contributed by atoms with Gasteiger partial charge in [0.15, 0.2) is 0 Å². The Morgan fingerprint density at radius 2 is 1.73 bits per heavy atom. The lowest BCUT2D eigenvalue weighted by Crippen LogP contribution is -2.35. The third-order valence-electron chi connectivity index (χ3n) is 5.25. The lowest BCUT2D eigenvalue weighted by Gasteiger charge is -2.35.